The SMILES string of the molecule is CC(C)NCc1cnc(C(C)(C)c2ccccc2)[nH]1. The first-order chi connectivity index (χ1) is 9.00. The first-order valence-electron chi connectivity index (χ1n) is 6.83. The molecule has 0 unspecified atom stereocenters. The van der Waals surface area contributed by atoms with Crippen LogP contribution in [-0.2, 0) is 12.0 Å². The highest BCUT2D eigenvalue weighted by atomic mass is 15.0. The number of hydrogen-bond acceptors (Lipinski definition) is 2. The lowest BCUT2D eigenvalue weighted by Crippen LogP contribution is -2.23. The molecule has 0 saturated carbocycles. The molecule has 0 spiro atoms. The molecular weight excluding hydrogens is 234 g/mol. The lowest BCUT2D eigenvalue weighted by Gasteiger charge is -2.22. The lowest BCUT2D eigenvalue weighted by atomic mass is 9.84. The highest BCUT2D eigenvalue weighted by Crippen LogP contribution is 2.28. The molecule has 0 fully saturated rings. The van der Waals surface area contributed by atoms with Gasteiger partial charge in [0.1, 0.15) is 5.82 Å². The van der Waals surface area contributed by atoms with E-state index < -0.39 is 0 Å². The summed E-state index contributed by atoms with van der Waals surface area (Å²) in [4.78, 5) is 7.98. The standard InChI is InChI=1S/C16H23N3/c1-12(2)17-10-14-11-18-15(19-14)16(3,4)13-8-6-5-7-9-13/h5-9,11-12,17H,10H2,1-4H3,(H,18,19). The van der Waals surface area contributed by atoms with E-state index in [1.807, 2.05) is 12.3 Å². The van der Waals surface area contributed by atoms with Gasteiger partial charge in [0.15, 0.2) is 0 Å². The van der Waals surface area contributed by atoms with Crippen molar-refractivity contribution in [2.24, 2.45) is 0 Å². The Morgan fingerprint density at radius 1 is 1.21 bits per heavy atom. The van der Waals surface area contributed by atoms with Crippen LogP contribution in [-0.4, -0.2) is 16.0 Å². The number of imidazole rings is 1. The highest BCUT2D eigenvalue weighted by Gasteiger charge is 2.26. The molecule has 19 heavy (non-hydrogen) atoms. The van der Waals surface area contributed by atoms with E-state index >= 15 is 0 Å². The predicted molar refractivity (Wildman–Crippen MR) is 79.1 cm³/mol. The molecule has 0 saturated heterocycles. The molecule has 1 aromatic heterocycles. The molecule has 3 heteroatoms. The van der Waals surface area contributed by atoms with Gasteiger partial charge in [-0.3, -0.25) is 0 Å². The van der Waals surface area contributed by atoms with Crippen molar-refractivity contribution in [2.75, 3.05) is 0 Å². The fourth-order valence-electron chi connectivity index (χ4n) is 2.07. The zero-order chi connectivity index (χ0) is 13.9. The Hall–Kier alpha value is -1.61. The van der Waals surface area contributed by atoms with Crippen LogP contribution >= 0.6 is 0 Å². The van der Waals surface area contributed by atoms with Crippen molar-refractivity contribution in [1.29, 1.82) is 0 Å². The number of aromatic amines is 1. The molecule has 1 heterocycles. The number of benzene rings is 1. The highest BCUT2D eigenvalue weighted by molar-refractivity contribution is 5.31. The van der Waals surface area contributed by atoms with Gasteiger partial charge >= 0.3 is 0 Å². The van der Waals surface area contributed by atoms with E-state index in [0.717, 1.165) is 18.1 Å². The minimum Gasteiger partial charge on any atom is -0.344 e. The second kappa shape index (κ2) is 5.57. The molecule has 2 N–H and O–H groups in total. The molecule has 2 rings (SSSR count). The Morgan fingerprint density at radius 3 is 2.53 bits per heavy atom. The van der Waals surface area contributed by atoms with Crippen LogP contribution in [0.3, 0.4) is 0 Å². The summed E-state index contributed by atoms with van der Waals surface area (Å²) >= 11 is 0. The smallest absolute Gasteiger partial charge is 0.116 e. The van der Waals surface area contributed by atoms with E-state index in [2.05, 4.69) is 67.2 Å². The topological polar surface area (TPSA) is 40.7 Å². The third kappa shape index (κ3) is 3.24. The number of aromatic nitrogens is 2. The van der Waals surface area contributed by atoms with Crippen LogP contribution < -0.4 is 5.32 Å². The lowest BCUT2D eigenvalue weighted by molar-refractivity contribution is 0.572. The van der Waals surface area contributed by atoms with E-state index in [9.17, 15) is 0 Å². The van der Waals surface area contributed by atoms with E-state index in [1.54, 1.807) is 0 Å². The monoisotopic (exact) mass is 257 g/mol. The summed E-state index contributed by atoms with van der Waals surface area (Å²) in [6, 6.07) is 11.0. The Balaban J connectivity index is 2.17. The van der Waals surface area contributed by atoms with E-state index in [1.165, 1.54) is 5.56 Å². The van der Waals surface area contributed by atoms with Crippen LogP contribution in [0.4, 0.5) is 0 Å². The number of hydrogen-bond donors (Lipinski definition) is 2. The van der Waals surface area contributed by atoms with Gasteiger partial charge in [0.2, 0.25) is 0 Å². The van der Waals surface area contributed by atoms with Crippen LogP contribution in [0.2, 0.25) is 0 Å². The molecular formula is C16H23N3. The summed E-state index contributed by atoms with van der Waals surface area (Å²) in [7, 11) is 0. The van der Waals surface area contributed by atoms with Crippen LogP contribution in [0.1, 0.15) is 44.8 Å². The maximum atomic E-state index is 4.55. The molecule has 0 aliphatic heterocycles. The fraction of sp³-hybridized carbons (Fsp3) is 0.438. The Kier molecular flexibility index (Phi) is 4.05. The van der Waals surface area contributed by atoms with Crippen molar-refractivity contribution in [3.8, 4) is 0 Å². The summed E-state index contributed by atoms with van der Waals surface area (Å²) in [5.74, 6) is 1.01. The number of nitrogens with one attached hydrogen (secondary N) is 2. The summed E-state index contributed by atoms with van der Waals surface area (Å²) in [5, 5.41) is 3.40. The van der Waals surface area contributed by atoms with Crippen LogP contribution in [0, 0.1) is 0 Å². The van der Waals surface area contributed by atoms with Crippen molar-refractivity contribution < 1.29 is 0 Å². The van der Waals surface area contributed by atoms with Gasteiger partial charge in [-0.1, -0.05) is 44.2 Å². The van der Waals surface area contributed by atoms with Crippen molar-refractivity contribution in [1.82, 2.24) is 15.3 Å². The maximum Gasteiger partial charge on any atom is 0.116 e. The zero-order valence-electron chi connectivity index (χ0n) is 12.2. The first-order valence-corrected chi connectivity index (χ1v) is 6.83. The number of H-pyrrole nitrogens is 1. The Morgan fingerprint density at radius 2 is 1.89 bits per heavy atom. The molecule has 102 valence electrons. The van der Waals surface area contributed by atoms with Gasteiger partial charge in [0.05, 0.1) is 0 Å². The molecule has 1 aromatic carbocycles. The van der Waals surface area contributed by atoms with Gasteiger partial charge in [0.25, 0.3) is 0 Å². The Labute approximate surface area is 115 Å². The maximum absolute atomic E-state index is 4.55. The van der Waals surface area contributed by atoms with Gasteiger partial charge in [-0.15, -0.1) is 0 Å². The summed E-state index contributed by atoms with van der Waals surface area (Å²) in [6.07, 6.45) is 1.93. The molecule has 0 aliphatic carbocycles. The van der Waals surface area contributed by atoms with Crippen molar-refractivity contribution >= 4 is 0 Å². The number of nitrogens with zero attached hydrogens (tertiary/aromatic N) is 1. The zero-order valence-corrected chi connectivity index (χ0v) is 12.2. The molecule has 0 bridgehead atoms. The second-order valence-corrected chi connectivity index (χ2v) is 5.78. The van der Waals surface area contributed by atoms with Crippen molar-refractivity contribution in [3.63, 3.8) is 0 Å². The van der Waals surface area contributed by atoms with E-state index in [0.29, 0.717) is 6.04 Å². The Bertz CT molecular complexity index is 512. The molecule has 2 aromatic rings. The van der Waals surface area contributed by atoms with E-state index in [-0.39, 0.29) is 5.41 Å². The third-order valence-electron chi connectivity index (χ3n) is 3.42. The largest absolute Gasteiger partial charge is 0.344 e. The van der Waals surface area contributed by atoms with Gasteiger partial charge in [-0.25, -0.2) is 4.98 Å². The van der Waals surface area contributed by atoms with Gasteiger partial charge in [-0.05, 0) is 19.4 Å². The number of rotatable bonds is 5. The summed E-state index contributed by atoms with van der Waals surface area (Å²) in [5.41, 5.74) is 2.30. The predicted octanol–water partition coefficient (Wildman–Crippen LogP) is 3.23. The molecule has 0 aliphatic rings. The summed E-state index contributed by atoms with van der Waals surface area (Å²) < 4.78 is 0. The van der Waals surface area contributed by atoms with Gasteiger partial charge in [-0.2, -0.15) is 0 Å². The van der Waals surface area contributed by atoms with Crippen molar-refractivity contribution in [2.45, 2.75) is 45.7 Å². The first kappa shape index (κ1) is 13.8. The average Bonchev–Trinajstić information content (AvgIpc) is 2.87. The molecule has 0 radical (unpaired) electrons. The molecule has 3 nitrogen and oxygen atoms in total. The fourth-order valence-corrected chi connectivity index (χ4v) is 2.07. The normalized spacial score (nSPS) is 12.1. The average molecular weight is 257 g/mol. The van der Waals surface area contributed by atoms with E-state index in [4.69, 9.17) is 0 Å². The quantitative estimate of drug-likeness (QED) is 0.863. The van der Waals surface area contributed by atoms with Crippen LogP contribution in [0.5, 0.6) is 0 Å². The molecule has 0 amide bonds. The third-order valence-corrected chi connectivity index (χ3v) is 3.42. The van der Waals surface area contributed by atoms with Crippen LogP contribution in [0.15, 0.2) is 36.5 Å². The van der Waals surface area contributed by atoms with Crippen LogP contribution in [0.25, 0.3) is 0 Å². The van der Waals surface area contributed by atoms with Gasteiger partial charge < -0.3 is 10.3 Å². The minimum atomic E-state index is -0.0999. The summed E-state index contributed by atoms with van der Waals surface area (Å²) in [6.45, 7) is 9.51. The van der Waals surface area contributed by atoms with Gasteiger partial charge in [0, 0.05) is 29.9 Å². The second-order valence-electron chi connectivity index (χ2n) is 5.78. The molecule has 0 atom stereocenters. The van der Waals surface area contributed by atoms with Crippen molar-refractivity contribution in [3.05, 3.63) is 53.6 Å². The minimum absolute atomic E-state index is 0.0999.